The smallest absolute Gasteiger partial charge is 0.408 e. The lowest BCUT2D eigenvalue weighted by atomic mass is 9.96. The first-order chi connectivity index (χ1) is 19.7. The highest BCUT2D eigenvalue weighted by atomic mass is 16.6. The van der Waals surface area contributed by atoms with Crippen LogP contribution in [-0.4, -0.2) is 46.4 Å². The Labute approximate surface area is 250 Å². The first-order valence-corrected chi connectivity index (χ1v) is 14.7. The topological polar surface area (TPSA) is 131 Å². The zero-order valence-corrected chi connectivity index (χ0v) is 26.1. The summed E-state index contributed by atoms with van der Waals surface area (Å²) in [5.74, 6) is -1.06. The normalized spacial score (nSPS) is 13.5. The number of carbonyl (C=O) groups excluding carboxylic acids is 4. The van der Waals surface area contributed by atoms with E-state index in [0.717, 1.165) is 17.5 Å². The summed E-state index contributed by atoms with van der Waals surface area (Å²) in [6, 6.07) is 14.5. The Morgan fingerprint density at radius 1 is 0.905 bits per heavy atom. The standard InChI is InChI=1S/C33H48N4O5/c1-22(2)13-16-24(4)37(31(40)27(19-20-28(34)38)36-32(41)42-33(5,6)7)29(26-17-14-23(3)15-18-26)30(39)35-21-25-11-9-8-10-12-25/h8-12,14-15,17-18,22,24,27,29H,13,16,19-21H2,1-7H3,(H2,34,38)(H,35,39)(H,36,41). The van der Waals surface area contributed by atoms with Gasteiger partial charge in [-0.25, -0.2) is 4.79 Å². The fourth-order valence-electron chi connectivity index (χ4n) is 4.56. The highest BCUT2D eigenvalue weighted by Gasteiger charge is 2.39. The maximum atomic E-state index is 14.4. The first kappa shape index (κ1) is 34.3. The van der Waals surface area contributed by atoms with Crippen LogP contribution in [0, 0.1) is 12.8 Å². The Bertz CT molecular complexity index is 1180. The van der Waals surface area contributed by atoms with E-state index < -0.39 is 35.6 Å². The lowest BCUT2D eigenvalue weighted by molar-refractivity contribution is -0.145. The largest absolute Gasteiger partial charge is 0.444 e. The monoisotopic (exact) mass is 580 g/mol. The Morgan fingerprint density at radius 2 is 1.52 bits per heavy atom. The molecule has 9 nitrogen and oxygen atoms in total. The van der Waals surface area contributed by atoms with Crippen LogP contribution < -0.4 is 16.4 Å². The van der Waals surface area contributed by atoms with E-state index in [0.29, 0.717) is 17.9 Å². The minimum atomic E-state index is -1.14. The van der Waals surface area contributed by atoms with E-state index in [1.165, 1.54) is 0 Å². The third-order valence-electron chi connectivity index (χ3n) is 6.79. The van der Waals surface area contributed by atoms with Crippen LogP contribution in [0.15, 0.2) is 54.6 Å². The van der Waals surface area contributed by atoms with Crippen molar-refractivity contribution in [3.63, 3.8) is 0 Å². The Balaban J connectivity index is 2.56. The number of carbonyl (C=O) groups is 4. The molecule has 0 saturated carbocycles. The molecule has 0 aliphatic heterocycles. The molecule has 42 heavy (non-hydrogen) atoms. The van der Waals surface area contributed by atoms with Gasteiger partial charge in [-0.2, -0.15) is 0 Å². The molecule has 0 spiro atoms. The molecule has 230 valence electrons. The van der Waals surface area contributed by atoms with Crippen molar-refractivity contribution in [3.8, 4) is 0 Å². The molecule has 0 radical (unpaired) electrons. The highest BCUT2D eigenvalue weighted by Crippen LogP contribution is 2.28. The average Bonchev–Trinajstić information content (AvgIpc) is 2.91. The third kappa shape index (κ3) is 11.5. The van der Waals surface area contributed by atoms with E-state index in [2.05, 4.69) is 24.5 Å². The molecule has 0 bridgehead atoms. The maximum Gasteiger partial charge on any atom is 0.408 e. The predicted octanol–water partition coefficient (Wildman–Crippen LogP) is 5.16. The molecule has 3 atom stereocenters. The molecule has 9 heteroatoms. The van der Waals surface area contributed by atoms with Crippen LogP contribution in [0.5, 0.6) is 0 Å². The van der Waals surface area contributed by atoms with Gasteiger partial charge in [0, 0.05) is 19.0 Å². The van der Waals surface area contributed by atoms with Gasteiger partial charge in [0.05, 0.1) is 0 Å². The predicted molar refractivity (Wildman–Crippen MR) is 164 cm³/mol. The zero-order chi connectivity index (χ0) is 31.4. The summed E-state index contributed by atoms with van der Waals surface area (Å²) in [5, 5.41) is 5.66. The van der Waals surface area contributed by atoms with Gasteiger partial charge in [0.2, 0.25) is 17.7 Å². The number of rotatable bonds is 14. The van der Waals surface area contributed by atoms with Crippen LogP contribution in [0.1, 0.15) is 90.0 Å². The van der Waals surface area contributed by atoms with Gasteiger partial charge >= 0.3 is 6.09 Å². The number of hydrogen-bond acceptors (Lipinski definition) is 5. The zero-order valence-electron chi connectivity index (χ0n) is 26.1. The summed E-state index contributed by atoms with van der Waals surface area (Å²) in [7, 11) is 0. The van der Waals surface area contributed by atoms with Crippen LogP contribution in [0.3, 0.4) is 0 Å². The number of ether oxygens (including phenoxy) is 1. The number of hydrogen-bond donors (Lipinski definition) is 3. The molecule has 0 aliphatic rings. The van der Waals surface area contributed by atoms with Gasteiger partial charge in [-0.15, -0.1) is 0 Å². The van der Waals surface area contributed by atoms with E-state index in [4.69, 9.17) is 10.5 Å². The number of nitrogens with one attached hydrogen (secondary N) is 2. The van der Waals surface area contributed by atoms with Crippen molar-refractivity contribution in [1.29, 1.82) is 0 Å². The summed E-state index contributed by atoms with van der Waals surface area (Å²) in [6.45, 7) is 13.5. The molecule has 4 amide bonds. The summed E-state index contributed by atoms with van der Waals surface area (Å²) in [5.41, 5.74) is 7.20. The van der Waals surface area contributed by atoms with Crippen molar-refractivity contribution >= 4 is 23.8 Å². The van der Waals surface area contributed by atoms with E-state index in [9.17, 15) is 19.2 Å². The van der Waals surface area contributed by atoms with Gasteiger partial charge in [-0.1, -0.05) is 74.0 Å². The molecule has 0 aliphatic carbocycles. The van der Waals surface area contributed by atoms with Crippen molar-refractivity contribution in [2.24, 2.45) is 11.7 Å². The molecule has 2 rings (SSSR count). The molecule has 0 heterocycles. The summed E-state index contributed by atoms with van der Waals surface area (Å²) in [6.07, 6.45) is 0.499. The van der Waals surface area contributed by atoms with Gasteiger partial charge in [-0.05, 0) is 70.9 Å². The first-order valence-electron chi connectivity index (χ1n) is 14.7. The van der Waals surface area contributed by atoms with Crippen molar-refractivity contribution in [2.75, 3.05) is 0 Å². The van der Waals surface area contributed by atoms with Crippen LogP contribution >= 0.6 is 0 Å². The van der Waals surface area contributed by atoms with Crippen molar-refractivity contribution < 1.29 is 23.9 Å². The highest BCUT2D eigenvalue weighted by molar-refractivity contribution is 5.92. The summed E-state index contributed by atoms with van der Waals surface area (Å²) < 4.78 is 5.42. The van der Waals surface area contributed by atoms with E-state index in [-0.39, 0.29) is 31.3 Å². The molecular formula is C33H48N4O5. The molecule has 2 aromatic carbocycles. The second kappa shape index (κ2) is 15.9. The molecule has 0 saturated heterocycles. The van der Waals surface area contributed by atoms with E-state index >= 15 is 0 Å². The number of benzene rings is 2. The summed E-state index contributed by atoms with van der Waals surface area (Å²) in [4.78, 5) is 54.5. The number of primary amides is 1. The van der Waals surface area contributed by atoms with Crippen LogP contribution in [0.25, 0.3) is 0 Å². The molecule has 2 aromatic rings. The SMILES string of the molecule is Cc1ccc(C(C(=O)NCc2ccccc2)N(C(=O)C(CCC(N)=O)NC(=O)OC(C)(C)C)C(C)CCC(C)C)cc1. The van der Waals surface area contributed by atoms with Crippen LogP contribution in [0.4, 0.5) is 4.79 Å². The molecular weight excluding hydrogens is 532 g/mol. The van der Waals surface area contributed by atoms with Crippen LogP contribution in [-0.2, 0) is 25.7 Å². The molecule has 0 aromatic heterocycles. The van der Waals surface area contributed by atoms with Crippen molar-refractivity contribution in [2.45, 2.75) is 104 Å². The quantitative estimate of drug-likeness (QED) is 0.284. The summed E-state index contributed by atoms with van der Waals surface area (Å²) >= 11 is 0. The fraction of sp³-hybridized carbons (Fsp3) is 0.515. The van der Waals surface area contributed by atoms with Crippen molar-refractivity contribution in [1.82, 2.24) is 15.5 Å². The van der Waals surface area contributed by atoms with Gasteiger partial charge < -0.3 is 26.0 Å². The van der Waals surface area contributed by atoms with E-state index in [1.807, 2.05) is 68.4 Å². The number of nitrogens with zero attached hydrogens (tertiary/aromatic N) is 1. The number of amides is 4. The maximum absolute atomic E-state index is 14.4. The Morgan fingerprint density at radius 3 is 2.07 bits per heavy atom. The minimum Gasteiger partial charge on any atom is -0.444 e. The van der Waals surface area contributed by atoms with Crippen molar-refractivity contribution in [3.05, 3.63) is 71.3 Å². The van der Waals surface area contributed by atoms with E-state index in [1.54, 1.807) is 25.7 Å². The third-order valence-corrected chi connectivity index (χ3v) is 6.79. The van der Waals surface area contributed by atoms with Crippen LogP contribution in [0.2, 0.25) is 0 Å². The molecule has 0 fully saturated rings. The number of alkyl carbamates (subject to hydrolysis) is 1. The minimum absolute atomic E-state index is 0.0347. The molecule has 4 N–H and O–H groups in total. The fourth-order valence-corrected chi connectivity index (χ4v) is 4.56. The lowest BCUT2D eigenvalue weighted by Crippen LogP contribution is -2.55. The Kier molecular flexibility index (Phi) is 13.0. The van der Waals surface area contributed by atoms with Gasteiger partial charge in [0.15, 0.2) is 0 Å². The van der Waals surface area contributed by atoms with Gasteiger partial charge in [-0.3, -0.25) is 14.4 Å². The molecule has 3 unspecified atom stereocenters. The van der Waals surface area contributed by atoms with Gasteiger partial charge in [0.25, 0.3) is 0 Å². The second-order valence-corrected chi connectivity index (χ2v) is 12.3. The number of aryl methyl sites for hydroxylation is 1. The lowest BCUT2D eigenvalue weighted by Gasteiger charge is -2.39. The second-order valence-electron chi connectivity index (χ2n) is 12.3. The van der Waals surface area contributed by atoms with Gasteiger partial charge in [0.1, 0.15) is 17.7 Å². The number of nitrogens with two attached hydrogens (primary N) is 1. The average molecular weight is 581 g/mol. The Hall–Kier alpha value is -3.88.